The molecular weight excluding hydrogens is 302 g/mol. The minimum Gasteiger partial charge on any atom is -0.360 e. The standard InChI is InChI=1S/C12H14ClN3O3S/c1-8-4-10(19-16-8)7-15-20(17,18)12-5-9(6-14)2-3-11(12)13/h2-5,15H,6-7,14H2,1H3. The fourth-order valence-electron chi connectivity index (χ4n) is 1.62. The molecule has 0 amide bonds. The summed E-state index contributed by atoms with van der Waals surface area (Å²) in [5, 5.41) is 3.82. The summed E-state index contributed by atoms with van der Waals surface area (Å²) in [6.45, 7) is 2.00. The van der Waals surface area contributed by atoms with Gasteiger partial charge in [-0.1, -0.05) is 22.8 Å². The Kier molecular flexibility index (Phi) is 4.44. The van der Waals surface area contributed by atoms with Crippen molar-refractivity contribution in [3.8, 4) is 0 Å². The summed E-state index contributed by atoms with van der Waals surface area (Å²) < 4.78 is 31.8. The van der Waals surface area contributed by atoms with Gasteiger partial charge in [-0.3, -0.25) is 0 Å². The second-order valence-electron chi connectivity index (χ2n) is 4.23. The molecular formula is C12H14ClN3O3S. The molecule has 108 valence electrons. The van der Waals surface area contributed by atoms with Gasteiger partial charge in [-0.2, -0.15) is 0 Å². The van der Waals surface area contributed by atoms with Gasteiger partial charge in [-0.05, 0) is 24.6 Å². The molecule has 0 spiro atoms. The Labute approximate surface area is 122 Å². The highest BCUT2D eigenvalue weighted by Crippen LogP contribution is 2.22. The molecule has 2 aromatic rings. The fourth-order valence-corrected chi connectivity index (χ4v) is 3.17. The summed E-state index contributed by atoms with van der Waals surface area (Å²) in [7, 11) is -3.74. The number of benzene rings is 1. The first kappa shape index (κ1) is 15.0. The second kappa shape index (κ2) is 5.92. The van der Waals surface area contributed by atoms with Gasteiger partial charge in [-0.15, -0.1) is 0 Å². The fraction of sp³-hybridized carbons (Fsp3) is 0.250. The number of nitrogens with one attached hydrogen (secondary N) is 1. The van der Waals surface area contributed by atoms with E-state index in [1.807, 2.05) is 0 Å². The zero-order chi connectivity index (χ0) is 14.8. The normalized spacial score (nSPS) is 11.8. The van der Waals surface area contributed by atoms with Crippen molar-refractivity contribution in [2.45, 2.75) is 24.9 Å². The highest BCUT2D eigenvalue weighted by atomic mass is 35.5. The Morgan fingerprint density at radius 3 is 2.75 bits per heavy atom. The first-order chi connectivity index (χ1) is 9.42. The van der Waals surface area contributed by atoms with Crippen LogP contribution in [-0.4, -0.2) is 13.6 Å². The van der Waals surface area contributed by atoms with Crippen LogP contribution in [0.25, 0.3) is 0 Å². The molecule has 2 rings (SSSR count). The van der Waals surface area contributed by atoms with E-state index in [0.29, 0.717) is 17.0 Å². The van der Waals surface area contributed by atoms with Crippen molar-refractivity contribution >= 4 is 21.6 Å². The summed E-state index contributed by atoms with van der Waals surface area (Å²) in [5.74, 6) is 0.428. The van der Waals surface area contributed by atoms with Crippen molar-refractivity contribution < 1.29 is 12.9 Å². The Hall–Kier alpha value is -1.41. The molecule has 0 unspecified atom stereocenters. The average Bonchev–Trinajstić information content (AvgIpc) is 2.83. The van der Waals surface area contributed by atoms with Crippen molar-refractivity contribution in [3.05, 3.63) is 46.3 Å². The van der Waals surface area contributed by atoms with E-state index in [9.17, 15) is 8.42 Å². The van der Waals surface area contributed by atoms with Crippen molar-refractivity contribution in [1.82, 2.24) is 9.88 Å². The number of aryl methyl sites for hydroxylation is 1. The Morgan fingerprint density at radius 1 is 1.40 bits per heavy atom. The van der Waals surface area contributed by atoms with E-state index in [4.69, 9.17) is 21.9 Å². The maximum Gasteiger partial charge on any atom is 0.242 e. The van der Waals surface area contributed by atoms with E-state index in [2.05, 4.69) is 9.88 Å². The second-order valence-corrected chi connectivity index (χ2v) is 6.37. The van der Waals surface area contributed by atoms with E-state index in [0.717, 1.165) is 0 Å². The first-order valence-corrected chi connectivity index (χ1v) is 7.69. The van der Waals surface area contributed by atoms with Crippen LogP contribution in [0.3, 0.4) is 0 Å². The molecule has 0 saturated carbocycles. The van der Waals surface area contributed by atoms with Gasteiger partial charge >= 0.3 is 0 Å². The molecule has 0 aliphatic heterocycles. The van der Waals surface area contributed by atoms with E-state index < -0.39 is 10.0 Å². The third-order valence-electron chi connectivity index (χ3n) is 2.63. The van der Waals surface area contributed by atoms with Crippen molar-refractivity contribution in [1.29, 1.82) is 0 Å². The maximum absolute atomic E-state index is 12.2. The summed E-state index contributed by atoms with van der Waals surface area (Å²) in [4.78, 5) is -0.00152. The topological polar surface area (TPSA) is 98.2 Å². The predicted molar refractivity (Wildman–Crippen MR) is 74.6 cm³/mol. The van der Waals surface area contributed by atoms with Crippen LogP contribution in [0, 0.1) is 6.92 Å². The number of nitrogens with two attached hydrogens (primary N) is 1. The molecule has 1 aromatic carbocycles. The van der Waals surface area contributed by atoms with Crippen molar-refractivity contribution in [2.75, 3.05) is 0 Å². The van der Waals surface area contributed by atoms with E-state index >= 15 is 0 Å². The molecule has 0 fully saturated rings. The zero-order valence-corrected chi connectivity index (χ0v) is 12.3. The Morgan fingerprint density at radius 2 is 2.15 bits per heavy atom. The van der Waals surface area contributed by atoms with Crippen LogP contribution in [0.4, 0.5) is 0 Å². The highest BCUT2D eigenvalue weighted by Gasteiger charge is 2.19. The monoisotopic (exact) mass is 315 g/mol. The van der Waals surface area contributed by atoms with Gasteiger partial charge < -0.3 is 10.3 Å². The highest BCUT2D eigenvalue weighted by molar-refractivity contribution is 7.89. The molecule has 3 N–H and O–H groups in total. The molecule has 1 aromatic heterocycles. The molecule has 1 heterocycles. The lowest BCUT2D eigenvalue weighted by Gasteiger charge is -2.08. The molecule has 0 radical (unpaired) electrons. The van der Waals surface area contributed by atoms with E-state index in [1.54, 1.807) is 19.1 Å². The number of nitrogens with zero attached hydrogens (tertiary/aromatic N) is 1. The number of sulfonamides is 1. The predicted octanol–water partition coefficient (Wildman–Crippen LogP) is 1.57. The van der Waals surface area contributed by atoms with Gasteiger partial charge in [0.05, 0.1) is 17.3 Å². The molecule has 6 nitrogen and oxygen atoms in total. The van der Waals surface area contributed by atoms with Crippen LogP contribution in [0.1, 0.15) is 17.0 Å². The number of halogens is 1. The lowest BCUT2D eigenvalue weighted by molar-refractivity contribution is 0.377. The van der Waals surface area contributed by atoms with Gasteiger partial charge in [0.15, 0.2) is 5.76 Å². The number of hydrogen-bond acceptors (Lipinski definition) is 5. The van der Waals surface area contributed by atoms with Crippen LogP contribution in [0.2, 0.25) is 5.02 Å². The van der Waals surface area contributed by atoms with Crippen LogP contribution >= 0.6 is 11.6 Å². The smallest absolute Gasteiger partial charge is 0.242 e. The summed E-state index contributed by atoms with van der Waals surface area (Å²) in [5.41, 5.74) is 6.87. The number of rotatable bonds is 5. The Bertz CT molecular complexity index is 712. The lowest BCUT2D eigenvalue weighted by atomic mass is 10.2. The SMILES string of the molecule is Cc1cc(CNS(=O)(=O)c2cc(CN)ccc2Cl)on1. The largest absolute Gasteiger partial charge is 0.360 e. The maximum atomic E-state index is 12.2. The van der Waals surface area contributed by atoms with Gasteiger partial charge in [0.1, 0.15) is 4.90 Å². The van der Waals surface area contributed by atoms with Gasteiger partial charge in [-0.25, -0.2) is 13.1 Å². The minimum atomic E-state index is -3.74. The van der Waals surface area contributed by atoms with Crippen LogP contribution in [0.5, 0.6) is 0 Å². The molecule has 0 bridgehead atoms. The minimum absolute atomic E-state index is 0.00152. The molecule has 0 atom stereocenters. The number of hydrogen-bond donors (Lipinski definition) is 2. The average molecular weight is 316 g/mol. The zero-order valence-electron chi connectivity index (χ0n) is 10.8. The lowest BCUT2D eigenvalue weighted by Crippen LogP contribution is -2.23. The molecule has 0 aliphatic carbocycles. The molecule has 20 heavy (non-hydrogen) atoms. The van der Waals surface area contributed by atoms with E-state index in [1.165, 1.54) is 12.1 Å². The van der Waals surface area contributed by atoms with E-state index in [-0.39, 0.29) is 23.0 Å². The first-order valence-electron chi connectivity index (χ1n) is 5.83. The molecule has 0 saturated heterocycles. The summed E-state index contributed by atoms with van der Waals surface area (Å²) >= 11 is 5.93. The molecule has 8 heteroatoms. The third kappa shape index (κ3) is 3.37. The van der Waals surface area contributed by atoms with Gasteiger partial charge in [0.25, 0.3) is 0 Å². The van der Waals surface area contributed by atoms with Gasteiger partial charge in [0, 0.05) is 12.6 Å². The van der Waals surface area contributed by atoms with Crippen LogP contribution in [0.15, 0.2) is 33.7 Å². The number of aromatic nitrogens is 1. The van der Waals surface area contributed by atoms with Gasteiger partial charge in [0.2, 0.25) is 10.0 Å². The van der Waals surface area contributed by atoms with Crippen molar-refractivity contribution in [3.63, 3.8) is 0 Å². The quantitative estimate of drug-likeness (QED) is 0.872. The summed E-state index contributed by atoms with van der Waals surface area (Å²) in [6, 6.07) is 6.30. The van der Waals surface area contributed by atoms with Crippen LogP contribution < -0.4 is 10.5 Å². The summed E-state index contributed by atoms with van der Waals surface area (Å²) in [6.07, 6.45) is 0. The Balaban J connectivity index is 2.21. The molecule has 0 aliphatic rings. The van der Waals surface area contributed by atoms with Crippen molar-refractivity contribution in [2.24, 2.45) is 5.73 Å². The third-order valence-corrected chi connectivity index (χ3v) is 4.52. The van der Waals surface area contributed by atoms with Crippen LogP contribution in [-0.2, 0) is 23.1 Å².